The van der Waals surface area contributed by atoms with E-state index < -0.39 is 14.1 Å². The van der Waals surface area contributed by atoms with E-state index in [2.05, 4.69) is 89.4 Å². The Balaban J connectivity index is 1.42. The highest BCUT2D eigenvalue weighted by Crippen LogP contribution is 2.65. The van der Waals surface area contributed by atoms with Crippen molar-refractivity contribution >= 4 is 30.9 Å². The highest BCUT2D eigenvalue weighted by molar-refractivity contribution is 14.1. The van der Waals surface area contributed by atoms with Crippen molar-refractivity contribution in [1.82, 2.24) is 0 Å². The summed E-state index contributed by atoms with van der Waals surface area (Å²) in [6.07, 6.45) is 13.9. The Kier molecular flexibility index (Phi) is 6.65. The zero-order chi connectivity index (χ0) is 25.5. The fourth-order valence-electron chi connectivity index (χ4n) is 7.66. The summed E-state index contributed by atoms with van der Waals surface area (Å²) in [5.74, 6) is 0.999. The number of alkyl halides is 1. The summed E-state index contributed by atoms with van der Waals surface area (Å²) in [4.78, 5) is 0. The fraction of sp³-hybridized carbons (Fsp3) is 0.867. The zero-order valence-corrected chi connectivity index (χ0v) is 26.7. The van der Waals surface area contributed by atoms with Crippen molar-refractivity contribution in [3.05, 3.63) is 23.3 Å². The van der Waals surface area contributed by atoms with Gasteiger partial charge in [-0.3, -0.25) is 0 Å². The summed E-state index contributed by atoms with van der Waals surface area (Å²) in [7, 11) is -1.78. The van der Waals surface area contributed by atoms with Crippen LogP contribution < -0.4 is 0 Å². The van der Waals surface area contributed by atoms with Crippen LogP contribution in [0.2, 0.25) is 18.1 Å². The van der Waals surface area contributed by atoms with Crippen LogP contribution in [0.5, 0.6) is 0 Å². The first kappa shape index (κ1) is 26.9. The maximum Gasteiger partial charge on any atom is 0.192 e. The number of hydrogen-bond donors (Lipinski definition) is 0. The van der Waals surface area contributed by atoms with Crippen molar-refractivity contribution in [3.8, 4) is 0 Å². The van der Waals surface area contributed by atoms with Gasteiger partial charge in [0, 0.05) is 21.7 Å². The topological polar surface area (TPSA) is 27.7 Å². The van der Waals surface area contributed by atoms with E-state index in [9.17, 15) is 0 Å². The van der Waals surface area contributed by atoms with Crippen LogP contribution in [0.25, 0.3) is 0 Å². The molecule has 5 aliphatic rings. The van der Waals surface area contributed by atoms with Crippen molar-refractivity contribution in [1.29, 1.82) is 0 Å². The van der Waals surface area contributed by atoms with E-state index in [1.165, 1.54) is 36.5 Å². The van der Waals surface area contributed by atoms with Gasteiger partial charge in [0.1, 0.15) is 0 Å². The van der Waals surface area contributed by atoms with E-state index in [1.54, 1.807) is 11.1 Å². The number of halogens is 1. The van der Waals surface area contributed by atoms with Gasteiger partial charge in [0.15, 0.2) is 14.1 Å². The summed E-state index contributed by atoms with van der Waals surface area (Å²) >= 11 is 2.68. The lowest BCUT2D eigenvalue weighted by molar-refractivity contribution is -0.279. The highest BCUT2D eigenvalue weighted by Gasteiger charge is 2.59. The molecule has 2 unspecified atom stereocenters. The van der Waals surface area contributed by atoms with Crippen molar-refractivity contribution in [2.24, 2.45) is 28.1 Å². The molecule has 0 radical (unpaired) electrons. The van der Waals surface area contributed by atoms with Crippen molar-refractivity contribution in [2.45, 2.75) is 117 Å². The number of ether oxygens (including phenoxy) is 2. The van der Waals surface area contributed by atoms with Gasteiger partial charge in [0.05, 0.1) is 19.3 Å². The number of rotatable bonds is 3. The molecule has 35 heavy (non-hydrogen) atoms. The first-order valence-corrected chi connectivity index (χ1v) is 18.5. The molecule has 3 nitrogen and oxygen atoms in total. The monoisotopic (exact) mass is 612 g/mol. The Bertz CT molecular complexity index is 905. The molecule has 198 valence electrons. The van der Waals surface area contributed by atoms with Crippen molar-refractivity contribution in [3.63, 3.8) is 0 Å². The summed E-state index contributed by atoms with van der Waals surface area (Å²) in [5.41, 5.74) is 3.99. The molecular formula is C30H49IO3Si. The SMILES string of the molecule is CC1(C)COC2(C=C3CCC4C(=CC[C@@]5(C)C4CC[C@@H]5O[Si](C)(C)C(C)(C)C)[C@@]3(CI)CC2)OC1. The van der Waals surface area contributed by atoms with E-state index in [4.69, 9.17) is 13.9 Å². The zero-order valence-electron chi connectivity index (χ0n) is 23.6. The van der Waals surface area contributed by atoms with E-state index in [0.717, 1.165) is 37.9 Å². The van der Waals surface area contributed by atoms with Gasteiger partial charge in [0.2, 0.25) is 0 Å². The van der Waals surface area contributed by atoms with Crippen LogP contribution in [0.3, 0.4) is 0 Å². The molecule has 1 heterocycles. The van der Waals surface area contributed by atoms with Crippen LogP contribution in [-0.4, -0.2) is 37.8 Å². The van der Waals surface area contributed by atoms with E-state index in [1.807, 2.05) is 0 Å². The fourth-order valence-corrected chi connectivity index (χ4v) is 10.4. The first-order valence-electron chi connectivity index (χ1n) is 14.1. The summed E-state index contributed by atoms with van der Waals surface area (Å²) in [6, 6.07) is 0. The quantitative estimate of drug-likeness (QED) is 0.139. The molecule has 0 bridgehead atoms. The molecule has 2 saturated carbocycles. The second-order valence-corrected chi connectivity index (χ2v) is 20.5. The lowest BCUT2D eigenvalue weighted by Gasteiger charge is -2.57. The lowest BCUT2D eigenvalue weighted by Crippen LogP contribution is -2.53. The van der Waals surface area contributed by atoms with E-state index in [0.29, 0.717) is 6.10 Å². The molecule has 5 atom stereocenters. The summed E-state index contributed by atoms with van der Waals surface area (Å²) in [5, 5.41) is 0.267. The Morgan fingerprint density at radius 2 is 1.74 bits per heavy atom. The average molecular weight is 613 g/mol. The highest BCUT2D eigenvalue weighted by atomic mass is 127. The summed E-state index contributed by atoms with van der Waals surface area (Å²) < 4.78 is 21.2. The van der Waals surface area contributed by atoms with Crippen LogP contribution in [0.4, 0.5) is 0 Å². The molecule has 0 aromatic rings. The number of fused-ring (bicyclic) bond motifs is 5. The molecular weight excluding hydrogens is 563 g/mol. The van der Waals surface area contributed by atoms with Gasteiger partial charge in [-0.05, 0) is 80.0 Å². The minimum Gasteiger partial charge on any atom is -0.413 e. The molecule has 5 heteroatoms. The van der Waals surface area contributed by atoms with Crippen molar-refractivity contribution in [2.75, 3.05) is 17.6 Å². The van der Waals surface area contributed by atoms with E-state index in [-0.39, 0.29) is 21.3 Å². The van der Waals surface area contributed by atoms with Gasteiger partial charge in [-0.2, -0.15) is 0 Å². The maximum absolute atomic E-state index is 7.13. The van der Waals surface area contributed by atoms with Gasteiger partial charge in [-0.25, -0.2) is 0 Å². The van der Waals surface area contributed by atoms with Crippen LogP contribution in [0.1, 0.15) is 86.5 Å². The second-order valence-electron chi connectivity index (χ2n) is 15.0. The van der Waals surface area contributed by atoms with Crippen LogP contribution in [-0.2, 0) is 13.9 Å². The number of hydrogen-bond acceptors (Lipinski definition) is 3. The molecule has 0 N–H and O–H groups in total. The van der Waals surface area contributed by atoms with Crippen LogP contribution in [0, 0.1) is 28.1 Å². The van der Waals surface area contributed by atoms with Gasteiger partial charge in [-0.15, -0.1) is 0 Å². The first-order chi connectivity index (χ1) is 16.2. The van der Waals surface area contributed by atoms with Gasteiger partial charge in [-0.1, -0.05) is 81.4 Å². The lowest BCUT2D eigenvalue weighted by atomic mass is 9.51. The van der Waals surface area contributed by atoms with Gasteiger partial charge in [0.25, 0.3) is 0 Å². The van der Waals surface area contributed by atoms with Crippen LogP contribution in [0.15, 0.2) is 23.3 Å². The minimum atomic E-state index is -1.78. The molecule has 0 aromatic carbocycles. The molecule has 0 amide bonds. The Morgan fingerprint density at radius 3 is 2.37 bits per heavy atom. The molecule has 4 aliphatic carbocycles. The molecule has 3 fully saturated rings. The standard InChI is InChI=1S/C30H49IO3Si/c1-26(2,3)35(7,8)34-25-12-11-23-22-10-9-21-17-30(32-19-27(4,5)20-33-30)16-15-29(21,18-31)24(22)13-14-28(23,25)6/h13,17,22-23,25H,9-12,14-16,18-20H2,1-8H3/t22?,23?,25-,28-,29+/m0/s1. The molecule has 5 rings (SSSR count). The Labute approximate surface area is 229 Å². The van der Waals surface area contributed by atoms with Gasteiger partial charge < -0.3 is 13.9 Å². The van der Waals surface area contributed by atoms with Crippen molar-refractivity contribution < 1.29 is 13.9 Å². The predicted molar refractivity (Wildman–Crippen MR) is 155 cm³/mol. The molecule has 1 spiro atoms. The average Bonchev–Trinajstić information content (AvgIpc) is 3.11. The van der Waals surface area contributed by atoms with Crippen LogP contribution >= 0.6 is 22.6 Å². The van der Waals surface area contributed by atoms with E-state index >= 15 is 0 Å². The predicted octanol–water partition coefficient (Wildman–Crippen LogP) is 8.44. The Morgan fingerprint density at radius 1 is 1.06 bits per heavy atom. The Hall–Kier alpha value is 0.307. The summed E-state index contributed by atoms with van der Waals surface area (Å²) in [6.45, 7) is 20.6. The normalized spacial score (nSPS) is 40.4. The third kappa shape index (κ3) is 4.30. The second kappa shape index (κ2) is 8.66. The molecule has 0 aromatic heterocycles. The largest absolute Gasteiger partial charge is 0.413 e. The third-order valence-electron chi connectivity index (χ3n) is 11.0. The number of allylic oxidation sites excluding steroid dienone is 3. The maximum atomic E-state index is 7.13. The van der Waals surface area contributed by atoms with Gasteiger partial charge >= 0.3 is 0 Å². The molecule has 1 aliphatic heterocycles. The molecule has 1 saturated heterocycles. The minimum absolute atomic E-state index is 0.112. The smallest absolute Gasteiger partial charge is 0.192 e. The third-order valence-corrected chi connectivity index (χ3v) is 16.8.